The minimum atomic E-state index is -3.98. The zero-order valence-electron chi connectivity index (χ0n) is 15.9. The van der Waals surface area contributed by atoms with Gasteiger partial charge >= 0.3 is 0 Å². The van der Waals surface area contributed by atoms with Gasteiger partial charge in [0.05, 0.1) is 29.3 Å². The number of anilines is 2. The molecule has 3 rings (SSSR count). The van der Waals surface area contributed by atoms with Gasteiger partial charge in [0.1, 0.15) is 9.79 Å². The zero-order valence-corrected chi connectivity index (χ0v) is 30.3. The fourth-order valence-electron chi connectivity index (χ4n) is 2.54. The van der Waals surface area contributed by atoms with Crippen LogP contribution in [0.4, 0.5) is 11.4 Å². The summed E-state index contributed by atoms with van der Waals surface area (Å²) >= 11 is 26.6. The van der Waals surface area contributed by atoms with Crippen molar-refractivity contribution in [2.24, 2.45) is 0 Å². The number of benzene rings is 3. The van der Waals surface area contributed by atoms with Gasteiger partial charge in [-0.3, -0.25) is 9.44 Å². The summed E-state index contributed by atoms with van der Waals surface area (Å²) in [5.41, 5.74) is 0.404. The first kappa shape index (κ1) is 29.6. The number of rotatable bonds is 6. The predicted octanol–water partition coefficient (Wildman–Crippen LogP) is 9.39. The third-order valence-electron chi connectivity index (χ3n) is 4.15. The molecule has 0 bridgehead atoms. The van der Waals surface area contributed by atoms with E-state index in [-0.39, 0.29) is 21.2 Å². The van der Waals surface area contributed by atoms with E-state index >= 15 is 0 Å². The van der Waals surface area contributed by atoms with Gasteiger partial charge in [0, 0.05) is 17.9 Å². The molecule has 0 aliphatic carbocycles. The van der Waals surface area contributed by atoms with Crippen molar-refractivity contribution in [2.75, 3.05) is 9.44 Å². The first-order valence-corrected chi connectivity index (χ1v) is 17.8. The van der Waals surface area contributed by atoms with Crippen LogP contribution >= 0.6 is 127 Å². The summed E-state index contributed by atoms with van der Waals surface area (Å²) in [7, 11) is -7.96. The standard InChI is InChI=1S/C18H8Br8N2O4S2/c19-7-1-5-11(17(25)13(7)21)33(29,30)27-9-3-4-10(16(24)15(9)23)28-34(31,32)12-6-2-8(20)14(22)18(12)26/h1-6,27-28H. The second-order valence-corrected chi connectivity index (χ2v) is 16.1. The third kappa shape index (κ3) is 6.17. The van der Waals surface area contributed by atoms with Crippen molar-refractivity contribution in [2.45, 2.75) is 9.79 Å². The summed E-state index contributed by atoms with van der Waals surface area (Å²) in [6, 6.07) is 8.98. The van der Waals surface area contributed by atoms with Crippen molar-refractivity contribution in [3.05, 3.63) is 72.2 Å². The summed E-state index contributed by atoms with van der Waals surface area (Å²) < 4.78 is 60.8. The second kappa shape index (κ2) is 11.4. The normalized spacial score (nSPS) is 12.0. The minimum absolute atomic E-state index is 0.0149. The van der Waals surface area contributed by atoms with E-state index in [4.69, 9.17) is 0 Å². The highest BCUT2D eigenvalue weighted by Gasteiger charge is 2.25. The van der Waals surface area contributed by atoms with Gasteiger partial charge in [-0.15, -0.1) is 0 Å². The van der Waals surface area contributed by atoms with Gasteiger partial charge in [-0.1, -0.05) is 0 Å². The van der Waals surface area contributed by atoms with Crippen molar-refractivity contribution in [1.82, 2.24) is 0 Å². The lowest BCUT2D eigenvalue weighted by atomic mass is 10.3. The van der Waals surface area contributed by atoms with Crippen molar-refractivity contribution in [3.8, 4) is 0 Å². The van der Waals surface area contributed by atoms with Crippen LogP contribution in [-0.4, -0.2) is 16.8 Å². The Bertz CT molecular complexity index is 1420. The highest BCUT2D eigenvalue weighted by atomic mass is 79.9. The van der Waals surface area contributed by atoms with E-state index in [1.165, 1.54) is 24.3 Å². The molecule has 6 nitrogen and oxygen atoms in total. The Labute approximate surface area is 263 Å². The molecule has 182 valence electrons. The Balaban J connectivity index is 1.96. The number of hydrogen-bond acceptors (Lipinski definition) is 4. The summed E-state index contributed by atoms with van der Waals surface area (Å²) in [6.07, 6.45) is 0. The largest absolute Gasteiger partial charge is 0.278 e. The SMILES string of the molecule is O=S(=O)(Nc1ccc(NS(=O)(=O)c2ccc(Br)c(Br)c2Br)c(Br)c1Br)c1ccc(Br)c(Br)c1Br. The summed E-state index contributed by atoms with van der Waals surface area (Å²) in [6.45, 7) is 0. The van der Waals surface area contributed by atoms with Gasteiger partial charge in [0.25, 0.3) is 20.0 Å². The monoisotopic (exact) mass is 1010 g/mol. The minimum Gasteiger partial charge on any atom is -0.278 e. The molecule has 0 saturated carbocycles. The highest BCUT2D eigenvalue weighted by Crippen LogP contribution is 2.41. The van der Waals surface area contributed by atoms with Gasteiger partial charge in [-0.25, -0.2) is 16.8 Å². The lowest BCUT2D eigenvalue weighted by Gasteiger charge is -2.16. The molecule has 0 unspecified atom stereocenters. The molecule has 0 amide bonds. The Hall–Kier alpha value is 1.00. The van der Waals surface area contributed by atoms with Crippen molar-refractivity contribution in [3.63, 3.8) is 0 Å². The van der Waals surface area contributed by atoms with Crippen LogP contribution in [0.5, 0.6) is 0 Å². The highest BCUT2D eigenvalue weighted by molar-refractivity contribution is 9.15. The molecule has 0 radical (unpaired) electrons. The summed E-state index contributed by atoms with van der Waals surface area (Å²) in [4.78, 5) is 0.0297. The Morgan fingerprint density at radius 3 is 1.09 bits per heavy atom. The molecular weight excluding hydrogens is 1010 g/mol. The number of halogens is 8. The lowest BCUT2D eigenvalue weighted by molar-refractivity contribution is 0.598. The maximum absolute atomic E-state index is 13.0. The molecule has 0 saturated heterocycles. The molecule has 0 aliphatic heterocycles. The maximum atomic E-state index is 13.0. The second-order valence-electron chi connectivity index (χ2n) is 6.35. The smallest absolute Gasteiger partial charge is 0.263 e. The van der Waals surface area contributed by atoms with Crippen LogP contribution in [0.15, 0.2) is 82.0 Å². The van der Waals surface area contributed by atoms with E-state index in [1.807, 2.05) is 0 Å². The zero-order chi connectivity index (χ0) is 25.6. The Kier molecular flexibility index (Phi) is 9.91. The van der Waals surface area contributed by atoms with Crippen molar-refractivity contribution in [1.29, 1.82) is 0 Å². The molecule has 0 spiro atoms. The average Bonchev–Trinajstić information content (AvgIpc) is 2.75. The average molecular weight is 1020 g/mol. The van der Waals surface area contributed by atoms with Gasteiger partial charge in [-0.2, -0.15) is 0 Å². The first-order chi connectivity index (χ1) is 15.7. The molecule has 0 atom stereocenters. The molecule has 34 heavy (non-hydrogen) atoms. The molecule has 16 heteroatoms. The van der Waals surface area contributed by atoms with Crippen LogP contribution in [0.25, 0.3) is 0 Å². The van der Waals surface area contributed by atoms with Gasteiger partial charge in [0.2, 0.25) is 0 Å². The quantitative estimate of drug-likeness (QED) is 0.241. The Morgan fingerprint density at radius 1 is 0.441 bits per heavy atom. The topological polar surface area (TPSA) is 92.3 Å². The van der Waals surface area contributed by atoms with Crippen LogP contribution in [0.2, 0.25) is 0 Å². The van der Waals surface area contributed by atoms with Gasteiger partial charge in [0.15, 0.2) is 0 Å². The molecule has 0 heterocycles. The molecule has 2 N–H and O–H groups in total. The van der Waals surface area contributed by atoms with Crippen molar-refractivity contribution < 1.29 is 16.8 Å². The van der Waals surface area contributed by atoms with E-state index in [0.29, 0.717) is 35.8 Å². The summed E-state index contributed by atoms with van der Waals surface area (Å²) in [5, 5.41) is 0. The maximum Gasteiger partial charge on any atom is 0.263 e. The van der Waals surface area contributed by atoms with E-state index in [1.54, 1.807) is 12.1 Å². The fourth-order valence-corrected chi connectivity index (χ4v) is 10.1. The molecule has 0 fully saturated rings. The first-order valence-electron chi connectivity index (χ1n) is 8.48. The summed E-state index contributed by atoms with van der Waals surface area (Å²) in [5.74, 6) is 0. The van der Waals surface area contributed by atoms with Crippen LogP contribution < -0.4 is 9.44 Å². The Morgan fingerprint density at radius 2 is 0.765 bits per heavy atom. The predicted molar refractivity (Wildman–Crippen MR) is 163 cm³/mol. The van der Waals surface area contributed by atoms with Crippen LogP contribution in [0, 0.1) is 0 Å². The number of nitrogens with one attached hydrogen (secondary N) is 2. The third-order valence-corrected chi connectivity index (χ3v) is 16.4. The lowest BCUT2D eigenvalue weighted by Crippen LogP contribution is -2.16. The van der Waals surface area contributed by atoms with Crippen LogP contribution in [0.3, 0.4) is 0 Å². The van der Waals surface area contributed by atoms with E-state index < -0.39 is 20.0 Å². The van der Waals surface area contributed by atoms with E-state index in [0.717, 1.165) is 0 Å². The van der Waals surface area contributed by atoms with Crippen LogP contribution in [-0.2, 0) is 20.0 Å². The van der Waals surface area contributed by atoms with Crippen LogP contribution in [0.1, 0.15) is 0 Å². The molecule has 0 aromatic heterocycles. The number of hydrogen-bond donors (Lipinski definition) is 2. The fraction of sp³-hybridized carbons (Fsp3) is 0. The molecule has 3 aromatic rings. The van der Waals surface area contributed by atoms with Gasteiger partial charge in [-0.05, 0) is 164 Å². The van der Waals surface area contributed by atoms with E-state index in [2.05, 4.69) is 137 Å². The number of sulfonamides is 2. The molecule has 3 aromatic carbocycles. The van der Waals surface area contributed by atoms with E-state index in [9.17, 15) is 16.8 Å². The molecular formula is C18H8Br8N2O4S2. The molecule has 0 aliphatic rings. The van der Waals surface area contributed by atoms with Gasteiger partial charge < -0.3 is 0 Å². The van der Waals surface area contributed by atoms with Crippen molar-refractivity contribution >= 4 is 159 Å².